The van der Waals surface area contributed by atoms with Gasteiger partial charge in [0.2, 0.25) is 0 Å². The van der Waals surface area contributed by atoms with Crippen LogP contribution in [0.3, 0.4) is 0 Å². The predicted octanol–water partition coefficient (Wildman–Crippen LogP) is 4.50. The number of hydrogen-bond donors (Lipinski definition) is 2. The second-order valence-corrected chi connectivity index (χ2v) is 7.04. The highest BCUT2D eigenvalue weighted by molar-refractivity contribution is 5.83. The zero-order valence-corrected chi connectivity index (χ0v) is 15.1. The molecule has 0 heterocycles. The van der Waals surface area contributed by atoms with Gasteiger partial charge < -0.3 is 10.2 Å². The van der Waals surface area contributed by atoms with Crippen LogP contribution in [0.1, 0.15) is 84.0 Å². The minimum Gasteiger partial charge on any atom is -0.479 e. The number of carboxylic acid groups (broad SMARTS) is 1. The molecule has 1 fully saturated rings. The average molecular weight is 338 g/mol. The highest BCUT2D eigenvalue weighted by atomic mass is 16.4. The summed E-state index contributed by atoms with van der Waals surface area (Å²) < 4.78 is 0. The van der Waals surface area contributed by atoms with Gasteiger partial charge in [-0.3, -0.25) is 4.79 Å². The van der Waals surface area contributed by atoms with Gasteiger partial charge in [-0.25, -0.2) is 4.79 Å². The first-order valence-corrected chi connectivity index (χ1v) is 9.66. The van der Waals surface area contributed by atoms with Crippen molar-refractivity contribution in [2.45, 2.75) is 90.1 Å². The summed E-state index contributed by atoms with van der Waals surface area (Å²) in [5.74, 6) is -0.208. The Morgan fingerprint density at radius 3 is 2.67 bits per heavy atom. The minimum absolute atomic E-state index is 0.154. The molecule has 0 saturated heterocycles. The summed E-state index contributed by atoms with van der Waals surface area (Å²) in [5, 5.41) is 17.9. The first-order valence-electron chi connectivity index (χ1n) is 9.66. The number of carboxylic acids is 1. The van der Waals surface area contributed by atoms with Gasteiger partial charge in [0.1, 0.15) is 5.78 Å². The third-order valence-electron chi connectivity index (χ3n) is 5.04. The number of aliphatic carboxylic acids is 1. The van der Waals surface area contributed by atoms with E-state index >= 15 is 0 Å². The first-order chi connectivity index (χ1) is 11.6. The maximum absolute atomic E-state index is 12.1. The molecule has 1 aliphatic carbocycles. The summed E-state index contributed by atoms with van der Waals surface area (Å²) in [6.07, 6.45) is 14.9. The van der Waals surface area contributed by atoms with E-state index in [0.29, 0.717) is 31.0 Å². The Bertz CT molecular complexity index is 402. The van der Waals surface area contributed by atoms with Crippen molar-refractivity contribution >= 4 is 11.8 Å². The average Bonchev–Trinajstić information content (AvgIpc) is 2.90. The SMILES string of the molecule is CCCCCC/C=C/[C@H]1CCC(=O)[C@@H]1CCCCCC(O)C(=O)O. The number of ketones is 1. The van der Waals surface area contributed by atoms with Crippen molar-refractivity contribution in [3.05, 3.63) is 12.2 Å². The fraction of sp³-hybridized carbons (Fsp3) is 0.800. The smallest absolute Gasteiger partial charge is 0.332 e. The van der Waals surface area contributed by atoms with Gasteiger partial charge in [0.25, 0.3) is 0 Å². The van der Waals surface area contributed by atoms with E-state index in [9.17, 15) is 14.7 Å². The molecule has 1 aliphatic rings. The Morgan fingerprint density at radius 2 is 1.96 bits per heavy atom. The summed E-state index contributed by atoms with van der Waals surface area (Å²) >= 11 is 0. The highest BCUT2D eigenvalue weighted by Crippen LogP contribution is 2.34. The lowest BCUT2D eigenvalue weighted by Crippen LogP contribution is -2.19. The van der Waals surface area contributed by atoms with E-state index in [1.165, 1.54) is 25.7 Å². The zero-order chi connectivity index (χ0) is 17.8. The number of rotatable bonds is 13. The molecule has 0 bridgehead atoms. The van der Waals surface area contributed by atoms with Gasteiger partial charge in [-0.05, 0) is 38.0 Å². The van der Waals surface area contributed by atoms with Crippen LogP contribution in [0.25, 0.3) is 0 Å². The van der Waals surface area contributed by atoms with E-state index in [1.54, 1.807) is 0 Å². The van der Waals surface area contributed by atoms with Crippen LogP contribution in [0, 0.1) is 11.8 Å². The van der Waals surface area contributed by atoms with Crippen molar-refractivity contribution in [2.75, 3.05) is 0 Å². The fourth-order valence-corrected chi connectivity index (χ4v) is 3.50. The van der Waals surface area contributed by atoms with Gasteiger partial charge in [-0.1, -0.05) is 57.6 Å². The van der Waals surface area contributed by atoms with E-state index in [0.717, 1.165) is 32.1 Å². The molecule has 4 nitrogen and oxygen atoms in total. The number of unbranched alkanes of at least 4 members (excludes halogenated alkanes) is 6. The molecule has 0 spiro atoms. The topological polar surface area (TPSA) is 74.6 Å². The summed E-state index contributed by atoms with van der Waals surface area (Å²) in [6.45, 7) is 2.22. The molecule has 2 N–H and O–H groups in total. The Morgan fingerprint density at radius 1 is 1.21 bits per heavy atom. The number of allylic oxidation sites excluding steroid dienone is 2. The molecule has 0 radical (unpaired) electrons. The van der Waals surface area contributed by atoms with E-state index in [-0.39, 0.29) is 5.92 Å². The molecule has 24 heavy (non-hydrogen) atoms. The predicted molar refractivity (Wildman–Crippen MR) is 95.8 cm³/mol. The van der Waals surface area contributed by atoms with Gasteiger partial charge in [0, 0.05) is 12.3 Å². The summed E-state index contributed by atoms with van der Waals surface area (Å²) in [4.78, 5) is 22.6. The lowest BCUT2D eigenvalue weighted by molar-refractivity contribution is -0.146. The van der Waals surface area contributed by atoms with Crippen LogP contribution in [0.15, 0.2) is 12.2 Å². The van der Waals surface area contributed by atoms with Crippen LogP contribution in [0.2, 0.25) is 0 Å². The molecule has 1 rings (SSSR count). The lowest BCUT2D eigenvalue weighted by Gasteiger charge is -2.15. The van der Waals surface area contributed by atoms with Crippen molar-refractivity contribution in [3.63, 3.8) is 0 Å². The zero-order valence-electron chi connectivity index (χ0n) is 15.1. The van der Waals surface area contributed by atoms with E-state index in [1.807, 2.05) is 0 Å². The quantitative estimate of drug-likeness (QED) is 0.383. The van der Waals surface area contributed by atoms with Gasteiger partial charge >= 0.3 is 5.97 Å². The molecule has 0 aliphatic heterocycles. The van der Waals surface area contributed by atoms with Crippen LogP contribution in [-0.2, 0) is 9.59 Å². The van der Waals surface area contributed by atoms with Crippen LogP contribution in [0.5, 0.6) is 0 Å². The number of aliphatic hydroxyl groups is 1. The van der Waals surface area contributed by atoms with Crippen LogP contribution in [0.4, 0.5) is 0 Å². The summed E-state index contributed by atoms with van der Waals surface area (Å²) in [5.41, 5.74) is 0. The van der Waals surface area contributed by atoms with Crippen molar-refractivity contribution in [2.24, 2.45) is 11.8 Å². The van der Waals surface area contributed by atoms with Crippen LogP contribution < -0.4 is 0 Å². The molecule has 3 atom stereocenters. The van der Waals surface area contributed by atoms with E-state index in [4.69, 9.17) is 5.11 Å². The van der Waals surface area contributed by atoms with Gasteiger partial charge in [-0.2, -0.15) is 0 Å². The van der Waals surface area contributed by atoms with Crippen molar-refractivity contribution in [1.82, 2.24) is 0 Å². The summed E-state index contributed by atoms with van der Waals surface area (Å²) in [6, 6.07) is 0. The Kier molecular flexibility index (Phi) is 10.6. The molecule has 138 valence electrons. The number of carbonyl (C=O) groups is 2. The second kappa shape index (κ2) is 12.2. The summed E-state index contributed by atoms with van der Waals surface area (Å²) in [7, 11) is 0. The number of Topliss-reactive ketones (excluding diaryl/α,β-unsaturated/α-hetero) is 1. The van der Waals surface area contributed by atoms with Crippen LogP contribution in [-0.4, -0.2) is 28.1 Å². The Hall–Kier alpha value is -1.16. The third-order valence-corrected chi connectivity index (χ3v) is 5.04. The van der Waals surface area contributed by atoms with Gasteiger partial charge in [-0.15, -0.1) is 0 Å². The van der Waals surface area contributed by atoms with Crippen LogP contribution >= 0.6 is 0 Å². The second-order valence-electron chi connectivity index (χ2n) is 7.04. The van der Waals surface area contributed by atoms with Crippen molar-refractivity contribution in [1.29, 1.82) is 0 Å². The van der Waals surface area contributed by atoms with Crippen molar-refractivity contribution < 1.29 is 19.8 Å². The van der Waals surface area contributed by atoms with E-state index in [2.05, 4.69) is 19.1 Å². The standard InChI is InChI=1S/C20H34O4/c1-2-3-4-5-6-8-11-16-14-15-18(21)17(16)12-9-7-10-13-19(22)20(23)24/h8,11,16-17,19,22H,2-7,9-10,12-15H2,1H3,(H,23,24)/b11-8+/t16-,17+,19?/m0/s1. The molecule has 4 heteroatoms. The van der Waals surface area contributed by atoms with Gasteiger partial charge in [0.05, 0.1) is 0 Å². The highest BCUT2D eigenvalue weighted by Gasteiger charge is 2.32. The molecular formula is C20H34O4. The number of aliphatic hydroxyl groups excluding tert-OH is 1. The number of carbonyl (C=O) groups excluding carboxylic acids is 1. The lowest BCUT2D eigenvalue weighted by atomic mass is 9.89. The number of hydrogen-bond acceptors (Lipinski definition) is 3. The van der Waals surface area contributed by atoms with E-state index < -0.39 is 12.1 Å². The monoisotopic (exact) mass is 338 g/mol. The van der Waals surface area contributed by atoms with Gasteiger partial charge in [0.15, 0.2) is 6.10 Å². The molecule has 1 unspecified atom stereocenters. The molecule has 1 saturated carbocycles. The Balaban J connectivity index is 2.22. The first kappa shape index (κ1) is 20.9. The largest absolute Gasteiger partial charge is 0.479 e. The molecule has 0 aromatic heterocycles. The molecule has 0 aromatic carbocycles. The molecule has 0 aromatic rings. The van der Waals surface area contributed by atoms with Crippen molar-refractivity contribution in [3.8, 4) is 0 Å². The molecular weight excluding hydrogens is 304 g/mol. The fourth-order valence-electron chi connectivity index (χ4n) is 3.50. The maximum atomic E-state index is 12.1. The minimum atomic E-state index is -1.25. The normalized spacial score (nSPS) is 22.3. The third kappa shape index (κ3) is 8.09. The molecule has 0 amide bonds. The Labute approximate surface area is 146 Å². The maximum Gasteiger partial charge on any atom is 0.332 e.